The van der Waals surface area contributed by atoms with Crippen molar-refractivity contribution in [3.63, 3.8) is 0 Å². The van der Waals surface area contributed by atoms with Crippen LogP contribution < -0.4 is 10.4 Å². The molecular weight excluding hydrogens is 388 g/mol. The number of hydrogen-bond acceptors (Lipinski definition) is 6. The quantitative estimate of drug-likeness (QED) is 0.625. The molecule has 0 fully saturated rings. The Hall–Kier alpha value is -4.20. The van der Waals surface area contributed by atoms with Crippen molar-refractivity contribution >= 4 is 29.4 Å². The van der Waals surface area contributed by atoms with E-state index in [4.69, 9.17) is 4.42 Å². The summed E-state index contributed by atoms with van der Waals surface area (Å²) in [6, 6.07) is 13.9. The molecule has 0 unspecified atom stereocenters. The van der Waals surface area contributed by atoms with Gasteiger partial charge in [-0.3, -0.25) is 19.3 Å². The molecule has 2 aromatic carbocycles. The van der Waals surface area contributed by atoms with Gasteiger partial charge in [0.05, 0.1) is 23.9 Å². The van der Waals surface area contributed by atoms with Crippen LogP contribution in [0.5, 0.6) is 0 Å². The third kappa shape index (κ3) is 3.70. The normalized spacial score (nSPS) is 12.7. The van der Waals surface area contributed by atoms with Crippen LogP contribution in [-0.4, -0.2) is 28.6 Å². The molecular formula is C22H15N2O6-. The molecule has 8 nitrogen and oxygen atoms in total. The second-order valence-corrected chi connectivity index (χ2v) is 6.74. The van der Waals surface area contributed by atoms with Gasteiger partial charge < -0.3 is 19.6 Å². The number of nitrogens with zero attached hydrogens (tertiary/aromatic N) is 1. The number of carbonyl (C=O) groups excluding carboxylic acids is 4. The lowest BCUT2D eigenvalue weighted by atomic mass is 10.1. The molecule has 2 heterocycles. The molecule has 0 saturated heterocycles. The van der Waals surface area contributed by atoms with Crippen LogP contribution in [0.25, 0.3) is 0 Å². The molecule has 3 aromatic rings. The zero-order valence-electron chi connectivity index (χ0n) is 15.6. The number of benzene rings is 2. The molecule has 0 atom stereocenters. The van der Waals surface area contributed by atoms with Crippen molar-refractivity contribution in [3.05, 3.63) is 88.9 Å². The number of anilines is 1. The maximum Gasteiger partial charge on any atom is 0.261 e. The zero-order valence-corrected chi connectivity index (χ0v) is 15.6. The predicted octanol–water partition coefficient (Wildman–Crippen LogP) is 1.62. The van der Waals surface area contributed by atoms with Gasteiger partial charge >= 0.3 is 0 Å². The van der Waals surface area contributed by atoms with E-state index in [9.17, 15) is 24.3 Å². The summed E-state index contributed by atoms with van der Waals surface area (Å²) in [6.45, 7) is 0.0130. The molecule has 3 amide bonds. The fraction of sp³-hybridized carbons (Fsp3) is 0.0909. The van der Waals surface area contributed by atoms with E-state index in [1.165, 1.54) is 24.5 Å². The van der Waals surface area contributed by atoms with E-state index in [0.29, 0.717) is 17.0 Å². The number of imide groups is 1. The first-order valence-corrected chi connectivity index (χ1v) is 9.05. The Morgan fingerprint density at radius 2 is 1.70 bits per heavy atom. The third-order valence-corrected chi connectivity index (χ3v) is 4.69. The van der Waals surface area contributed by atoms with Gasteiger partial charge in [-0.25, -0.2) is 0 Å². The predicted molar refractivity (Wildman–Crippen MR) is 102 cm³/mol. The van der Waals surface area contributed by atoms with Gasteiger partial charge in [0.25, 0.3) is 17.7 Å². The lowest BCUT2D eigenvalue weighted by molar-refractivity contribution is -0.304. The first-order chi connectivity index (χ1) is 14.4. The molecule has 0 bridgehead atoms. The van der Waals surface area contributed by atoms with Crippen molar-refractivity contribution in [2.45, 2.75) is 13.0 Å². The highest BCUT2D eigenvalue weighted by molar-refractivity contribution is 6.22. The van der Waals surface area contributed by atoms with Gasteiger partial charge in [-0.2, -0.15) is 0 Å². The molecule has 4 rings (SSSR count). The molecule has 1 aromatic heterocycles. The molecule has 1 N–H and O–H groups in total. The molecule has 30 heavy (non-hydrogen) atoms. The summed E-state index contributed by atoms with van der Waals surface area (Å²) in [4.78, 5) is 49.5. The maximum absolute atomic E-state index is 12.7. The average molecular weight is 403 g/mol. The monoisotopic (exact) mass is 403 g/mol. The molecule has 1 aliphatic heterocycles. The van der Waals surface area contributed by atoms with Crippen molar-refractivity contribution in [1.29, 1.82) is 0 Å². The van der Waals surface area contributed by atoms with Crippen molar-refractivity contribution in [2.24, 2.45) is 0 Å². The number of amides is 3. The van der Waals surface area contributed by atoms with Crippen LogP contribution in [0.2, 0.25) is 0 Å². The lowest BCUT2D eigenvalue weighted by Crippen LogP contribution is -2.28. The van der Waals surface area contributed by atoms with Gasteiger partial charge in [-0.05, 0) is 48.0 Å². The highest BCUT2D eigenvalue weighted by Crippen LogP contribution is 2.26. The number of furan rings is 1. The maximum atomic E-state index is 12.7. The zero-order chi connectivity index (χ0) is 21.3. The summed E-state index contributed by atoms with van der Waals surface area (Å²) in [5.41, 5.74) is 1.61. The Balaban J connectivity index is 1.50. The standard InChI is InChI=1S/C22H16N2O6/c25-19(26)10-13-3-6-15(7-4-13)23-20(27)14-5-8-17-18(11-14)22(29)24(21(17)28)12-16-2-1-9-30-16/h1-9,11H,10,12H2,(H,23,27)(H,25,26)/p-1. The van der Waals surface area contributed by atoms with Crippen LogP contribution in [0.15, 0.2) is 65.3 Å². The van der Waals surface area contributed by atoms with Crippen molar-refractivity contribution in [3.8, 4) is 0 Å². The summed E-state index contributed by atoms with van der Waals surface area (Å²) in [5.74, 6) is -2.11. The number of hydrogen-bond donors (Lipinski definition) is 1. The number of carbonyl (C=O) groups is 4. The number of aliphatic carboxylic acids is 1. The summed E-state index contributed by atoms with van der Waals surface area (Å²) >= 11 is 0. The molecule has 0 saturated carbocycles. The molecule has 0 radical (unpaired) electrons. The van der Waals surface area contributed by atoms with Crippen LogP contribution in [0.3, 0.4) is 0 Å². The first kappa shape index (κ1) is 19.1. The first-order valence-electron chi connectivity index (χ1n) is 9.05. The summed E-state index contributed by atoms with van der Waals surface area (Å²) < 4.78 is 5.20. The van der Waals surface area contributed by atoms with Gasteiger partial charge in [0.2, 0.25) is 0 Å². The van der Waals surface area contributed by atoms with Crippen LogP contribution in [0.1, 0.15) is 42.4 Å². The Morgan fingerprint density at radius 1 is 0.967 bits per heavy atom. The number of rotatable bonds is 6. The van der Waals surface area contributed by atoms with Gasteiger partial charge in [0.1, 0.15) is 5.76 Å². The largest absolute Gasteiger partial charge is 0.550 e. The Labute approximate surface area is 170 Å². The van der Waals surface area contributed by atoms with Crippen LogP contribution in [0.4, 0.5) is 5.69 Å². The molecule has 8 heteroatoms. The number of carboxylic acids is 1. The van der Waals surface area contributed by atoms with E-state index < -0.39 is 23.7 Å². The SMILES string of the molecule is O=C([O-])Cc1ccc(NC(=O)c2ccc3c(c2)C(=O)N(Cc2ccco2)C3=O)cc1. The van der Waals surface area contributed by atoms with Crippen molar-refractivity contribution in [1.82, 2.24) is 4.90 Å². The average Bonchev–Trinajstić information content (AvgIpc) is 3.32. The minimum atomic E-state index is -1.19. The van der Waals surface area contributed by atoms with Crippen LogP contribution in [0, 0.1) is 0 Å². The fourth-order valence-corrected chi connectivity index (χ4v) is 3.21. The number of nitrogens with one attached hydrogen (secondary N) is 1. The van der Waals surface area contributed by atoms with E-state index in [1.807, 2.05) is 0 Å². The van der Waals surface area contributed by atoms with Gasteiger partial charge in [-0.15, -0.1) is 0 Å². The van der Waals surface area contributed by atoms with E-state index in [0.717, 1.165) is 4.90 Å². The lowest BCUT2D eigenvalue weighted by Gasteiger charge is -2.11. The van der Waals surface area contributed by atoms with Crippen molar-refractivity contribution < 1.29 is 28.7 Å². The van der Waals surface area contributed by atoms with E-state index in [-0.39, 0.29) is 29.7 Å². The summed E-state index contributed by atoms with van der Waals surface area (Å²) in [5, 5.41) is 13.3. The van der Waals surface area contributed by atoms with E-state index in [1.54, 1.807) is 36.4 Å². The number of fused-ring (bicyclic) bond motifs is 1. The smallest absolute Gasteiger partial charge is 0.261 e. The van der Waals surface area contributed by atoms with Gasteiger partial charge in [0, 0.05) is 23.6 Å². The summed E-state index contributed by atoms with van der Waals surface area (Å²) in [7, 11) is 0. The third-order valence-electron chi connectivity index (χ3n) is 4.69. The van der Waals surface area contributed by atoms with E-state index >= 15 is 0 Å². The number of carboxylic acid groups (broad SMARTS) is 1. The van der Waals surface area contributed by atoms with Crippen LogP contribution >= 0.6 is 0 Å². The Morgan fingerprint density at radius 3 is 2.37 bits per heavy atom. The second-order valence-electron chi connectivity index (χ2n) is 6.74. The second kappa shape index (κ2) is 7.67. The van der Waals surface area contributed by atoms with Crippen LogP contribution in [-0.2, 0) is 17.8 Å². The molecule has 1 aliphatic rings. The minimum Gasteiger partial charge on any atom is -0.550 e. The molecule has 0 spiro atoms. The van der Waals surface area contributed by atoms with Gasteiger partial charge in [-0.1, -0.05) is 12.1 Å². The van der Waals surface area contributed by atoms with Gasteiger partial charge in [0.15, 0.2) is 0 Å². The Bertz CT molecular complexity index is 1150. The topological polar surface area (TPSA) is 120 Å². The highest BCUT2D eigenvalue weighted by Gasteiger charge is 2.36. The molecule has 150 valence electrons. The van der Waals surface area contributed by atoms with Crippen molar-refractivity contribution in [2.75, 3.05) is 5.32 Å². The fourth-order valence-electron chi connectivity index (χ4n) is 3.21. The Kier molecular flexibility index (Phi) is 4.89. The molecule has 0 aliphatic carbocycles. The van der Waals surface area contributed by atoms with E-state index in [2.05, 4.69) is 5.32 Å². The summed E-state index contributed by atoms with van der Waals surface area (Å²) in [6.07, 6.45) is 1.24. The minimum absolute atomic E-state index is 0.0130. The highest BCUT2D eigenvalue weighted by atomic mass is 16.4.